The van der Waals surface area contributed by atoms with Crippen molar-refractivity contribution in [1.82, 2.24) is 4.90 Å². The highest BCUT2D eigenvalue weighted by atomic mass is 16.5. The lowest BCUT2D eigenvalue weighted by Crippen LogP contribution is -2.34. The topological polar surface area (TPSA) is 68.7 Å². The van der Waals surface area contributed by atoms with Gasteiger partial charge in [-0.25, -0.2) is 0 Å². The van der Waals surface area contributed by atoms with Crippen LogP contribution in [0.15, 0.2) is 34.7 Å². The van der Waals surface area contributed by atoms with E-state index in [4.69, 9.17) is 14.9 Å². The zero-order valence-electron chi connectivity index (χ0n) is 16.4. The molecule has 0 aliphatic rings. The van der Waals surface area contributed by atoms with Gasteiger partial charge in [-0.2, -0.15) is 0 Å². The van der Waals surface area contributed by atoms with Gasteiger partial charge >= 0.3 is 0 Å². The zero-order valence-corrected chi connectivity index (χ0v) is 16.4. The van der Waals surface area contributed by atoms with Crippen LogP contribution in [0.2, 0.25) is 0 Å². The van der Waals surface area contributed by atoms with Crippen LogP contribution in [0, 0.1) is 19.8 Å². The highest BCUT2D eigenvalue weighted by Crippen LogP contribution is 2.21. The summed E-state index contributed by atoms with van der Waals surface area (Å²) in [5.41, 5.74) is 8.32. The SMILES string of the molecule is Cc1ccc(OCc2ccc(C(=O)N(C)CCC(N)C(C)C)o2)c(C)c1. The molecule has 0 spiro atoms. The summed E-state index contributed by atoms with van der Waals surface area (Å²) in [7, 11) is 1.77. The number of hydrogen-bond acceptors (Lipinski definition) is 4. The van der Waals surface area contributed by atoms with Crippen molar-refractivity contribution >= 4 is 5.91 Å². The molecule has 0 saturated heterocycles. The maximum atomic E-state index is 12.5. The number of hydrogen-bond donors (Lipinski definition) is 1. The molecule has 0 fully saturated rings. The molecule has 1 aromatic carbocycles. The van der Waals surface area contributed by atoms with E-state index in [9.17, 15) is 4.79 Å². The highest BCUT2D eigenvalue weighted by molar-refractivity contribution is 5.91. The second-order valence-corrected chi connectivity index (χ2v) is 7.25. The summed E-state index contributed by atoms with van der Waals surface area (Å²) >= 11 is 0. The Labute approximate surface area is 156 Å². The van der Waals surface area contributed by atoms with E-state index in [2.05, 4.69) is 19.9 Å². The first-order valence-corrected chi connectivity index (χ1v) is 9.07. The second kappa shape index (κ2) is 8.90. The Hall–Kier alpha value is -2.27. The van der Waals surface area contributed by atoms with Crippen LogP contribution in [-0.2, 0) is 6.61 Å². The van der Waals surface area contributed by atoms with E-state index in [-0.39, 0.29) is 11.9 Å². The number of carbonyl (C=O) groups is 1. The Kier molecular flexibility index (Phi) is 6.86. The lowest BCUT2D eigenvalue weighted by atomic mass is 10.0. The van der Waals surface area contributed by atoms with E-state index in [1.54, 1.807) is 24.1 Å². The number of nitrogens with two attached hydrogens (primary N) is 1. The first kappa shape index (κ1) is 20.0. The fourth-order valence-electron chi connectivity index (χ4n) is 2.65. The molecule has 1 atom stereocenters. The van der Waals surface area contributed by atoms with Crippen molar-refractivity contribution in [3.05, 3.63) is 53.0 Å². The summed E-state index contributed by atoms with van der Waals surface area (Å²) in [6.45, 7) is 9.12. The molecule has 142 valence electrons. The summed E-state index contributed by atoms with van der Waals surface area (Å²) in [4.78, 5) is 14.1. The van der Waals surface area contributed by atoms with Gasteiger partial charge in [-0.05, 0) is 49.9 Å². The van der Waals surface area contributed by atoms with Crippen molar-refractivity contribution < 1.29 is 13.9 Å². The number of aryl methyl sites for hydroxylation is 2. The van der Waals surface area contributed by atoms with Gasteiger partial charge in [-0.15, -0.1) is 0 Å². The molecule has 0 saturated carbocycles. The quantitative estimate of drug-likeness (QED) is 0.776. The third-order valence-corrected chi connectivity index (χ3v) is 4.57. The van der Waals surface area contributed by atoms with Crippen LogP contribution in [-0.4, -0.2) is 30.4 Å². The molecule has 0 radical (unpaired) electrons. The second-order valence-electron chi connectivity index (χ2n) is 7.25. The smallest absolute Gasteiger partial charge is 0.289 e. The van der Waals surface area contributed by atoms with E-state index in [1.807, 2.05) is 26.0 Å². The van der Waals surface area contributed by atoms with Crippen molar-refractivity contribution in [1.29, 1.82) is 0 Å². The molecule has 1 aromatic heterocycles. The first-order chi connectivity index (χ1) is 12.3. The van der Waals surface area contributed by atoms with Crippen LogP contribution in [0.1, 0.15) is 47.7 Å². The van der Waals surface area contributed by atoms with Gasteiger partial charge in [0.05, 0.1) is 0 Å². The third-order valence-electron chi connectivity index (χ3n) is 4.57. The van der Waals surface area contributed by atoms with Gasteiger partial charge in [0.1, 0.15) is 18.1 Å². The first-order valence-electron chi connectivity index (χ1n) is 9.07. The molecule has 5 nitrogen and oxygen atoms in total. The molecule has 2 rings (SSSR count). The molecule has 0 aliphatic carbocycles. The van der Waals surface area contributed by atoms with Gasteiger partial charge in [-0.3, -0.25) is 4.79 Å². The van der Waals surface area contributed by atoms with E-state index >= 15 is 0 Å². The third kappa shape index (κ3) is 5.36. The van der Waals surface area contributed by atoms with Crippen molar-refractivity contribution in [3.8, 4) is 5.75 Å². The number of nitrogens with zero attached hydrogens (tertiary/aromatic N) is 1. The lowest BCUT2D eigenvalue weighted by Gasteiger charge is -2.20. The van der Waals surface area contributed by atoms with E-state index in [1.165, 1.54) is 5.56 Å². The molecule has 1 amide bonds. The maximum absolute atomic E-state index is 12.5. The Balaban J connectivity index is 1.90. The van der Waals surface area contributed by atoms with Gasteiger partial charge in [0, 0.05) is 19.6 Å². The largest absolute Gasteiger partial charge is 0.485 e. The molecule has 1 heterocycles. The van der Waals surface area contributed by atoms with Crippen molar-refractivity contribution in [2.24, 2.45) is 11.7 Å². The summed E-state index contributed by atoms with van der Waals surface area (Å²) in [6.07, 6.45) is 0.767. The molecule has 1 unspecified atom stereocenters. The fourth-order valence-corrected chi connectivity index (χ4v) is 2.65. The number of benzene rings is 1. The van der Waals surface area contributed by atoms with Gasteiger partial charge < -0.3 is 19.8 Å². The number of furan rings is 1. The summed E-state index contributed by atoms with van der Waals surface area (Å²) in [5.74, 6) is 2.03. The predicted octanol–water partition coefficient (Wildman–Crippen LogP) is 3.92. The predicted molar refractivity (Wildman–Crippen MR) is 103 cm³/mol. The van der Waals surface area contributed by atoms with E-state index < -0.39 is 0 Å². The van der Waals surface area contributed by atoms with Crippen molar-refractivity contribution in [3.63, 3.8) is 0 Å². The molecule has 5 heteroatoms. The Morgan fingerprint density at radius 2 is 1.96 bits per heavy atom. The van der Waals surface area contributed by atoms with Crippen molar-refractivity contribution in [2.75, 3.05) is 13.6 Å². The average Bonchev–Trinajstić information content (AvgIpc) is 3.06. The Bertz CT molecular complexity index is 737. The molecule has 0 bridgehead atoms. The molecule has 0 aliphatic heterocycles. The standard InChI is InChI=1S/C21H30N2O3/c1-14(2)18(22)10-11-23(5)21(24)20-9-7-17(26-20)13-25-19-8-6-15(3)12-16(19)4/h6-9,12,14,18H,10-11,13,22H2,1-5H3. The minimum atomic E-state index is -0.140. The van der Waals surface area contributed by atoms with Crippen LogP contribution in [0.4, 0.5) is 0 Å². The van der Waals surface area contributed by atoms with Crippen LogP contribution >= 0.6 is 0 Å². The minimum Gasteiger partial charge on any atom is -0.485 e. The summed E-state index contributed by atoms with van der Waals surface area (Å²) in [5, 5.41) is 0. The molecule has 26 heavy (non-hydrogen) atoms. The Morgan fingerprint density at radius 1 is 1.23 bits per heavy atom. The van der Waals surface area contributed by atoms with Crippen LogP contribution in [0.25, 0.3) is 0 Å². The highest BCUT2D eigenvalue weighted by Gasteiger charge is 2.18. The molecular formula is C21H30N2O3. The van der Waals surface area contributed by atoms with E-state index in [0.717, 1.165) is 17.7 Å². The van der Waals surface area contributed by atoms with Gasteiger partial charge in [0.2, 0.25) is 0 Å². The number of ether oxygens (including phenoxy) is 1. The van der Waals surface area contributed by atoms with Crippen molar-refractivity contribution in [2.45, 2.75) is 46.8 Å². The monoisotopic (exact) mass is 358 g/mol. The average molecular weight is 358 g/mol. The lowest BCUT2D eigenvalue weighted by molar-refractivity contribution is 0.0753. The number of carbonyl (C=O) groups excluding carboxylic acids is 1. The molecule has 2 N–H and O–H groups in total. The van der Waals surface area contributed by atoms with Gasteiger partial charge in [0.25, 0.3) is 5.91 Å². The molecular weight excluding hydrogens is 328 g/mol. The summed E-state index contributed by atoms with van der Waals surface area (Å²) < 4.78 is 11.5. The van der Waals surface area contributed by atoms with Gasteiger partial charge in [-0.1, -0.05) is 31.5 Å². The van der Waals surface area contributed by atoms with Crippen LogP contribution in [0.3, 0.4) is 0 Å². The Morgan fingerprint density at radius 3 is 2.62 bits per heavy atom. The fraction of sp³-hybridized carbons (Fsp3) is 0.476. The number of amides is 1. The molecule has 2 aromatic rings. The maximum Gasteiger partial charge on any atom is 0.289 e. The number of rotatable bonds is 8. The van der Waals surface area contributed by atoms with E-state index in [0.29, 0.717) is 30.6 Å². The minimum absolute atomic E-state index is 0.0866. The van der Waals surface area contributed by atoms with Crippen LogP contribution in [0.5, 0.6) is 5.75 Å². The van der Waals surface area contributed by atoms with Gasteiger partial charge in [0.15, 0.2) is 5.76 Å². The zero-order chi connectivity index (χ0) is 19.3. The summed E-state index contributed by atoms with van der Waals surface area (Å²) in [6, 6.07) is 9.60. The normalized spacial score (nSPS) is 12.3. The van der Waals surface area contributed by atoms with Crippen LogP contribution < -0.4 is 10.5 Å².